The number of anilines is 2. The van der Waals surface area contributed by atoms with Crippen LogP contribution in [0, 0.1) is 10.1 Å². The predicted molar refractivity (Wildman–Crippen MR) is 72.4 cm³/mol. The topological polar surface area (TPSA) is 104 Å². The Kier molecular flexibility index (Phi) is 4.60. The Morgan fingerprint density at radius 1 is 1.58 bits per heavy atom. The van der Waals surface area contributed by atoms with E-state index < -0.39 is 10.5 Å². The van der Waals surface area contributed by atoms with Crippen molar-refractivity contribution in [3.63, 3.8) is 0 Å². The van der Waals surface area contributed by atoms with E-state index in [0.717, 1.165) is 0 Å². The van der Waals surface area contributed by atoms with Gasteiger partial charge in [0.15, 0.2) is 0 Å². The third kappa shape index (κ3) is 4.02. The van der Waals surface area contributed by atoms with Crippen LogP contribution in [-0.4, -0.2) is 45.7 Å². The Morgan fingerprint density at radius 3 is 2.63 bits per heavy atom. The van der Waals surface area contributed by atoms with E-state index in [-0.39, 0.29) is 18.1 Å². The molecule has 106 valence electrons. The van der Waals surface area contributed by atoms with Gasteiger partial charge in [-0.05, 0) is 20.8 Å². The van der Waals surface area contributed by atoms with Gasteiger partial charge in [0.1, 0.15) is 6.20 Å². The van der Waals surface area contributed by atoms with Crippen molar-refractivity contribution >= 4 is 17.5 Å². The van der Waals surface area contributed by atoms with Crippen molar-refractivity contribution in [1.82, 2.24) is 9.97 Å². The fourth-order valence-electron chi connectivity index (χ4n) is 1.65. The normalized spacial score (nSPS) is 11.2. The summed E-state index contributed by atoms with van der Waals surface area (Å²) in [7, 11) is 1.64. The summed E-state index contributed by atoms with van der Waals surface area (Å²) in [5, 5.41) is 23.6. The van der Waals surface area contributed by atoms with Crippen LogP contribution in [0.1, 0.15) is 20.8 Å². The lowest BCUT2D eigenvalue weighted by Gasteiger charge is -2.28. The van der Waals surface area contributed by atoms with Crippen molar-refractivity contribution in [2.75, 3.05) is 30.4 Å². The summed E-state index contributed by atoms with van der Waals surface area (Å²) in [4.78, 5) is 20.1. The first-order valence-electron chi connectivity index (χ1n) is 5.95. The molecular formula is C11H19N5O3. The molecule has 0 aromatic carbocycles. The van der Waals surface area contributed by atoms with Crippen LogP contribution in [-0.2, 0) is 0 Å². The van der Waals surface area contributed by atoms with Crippen molar-refractivity contribution in [1.29, 1.82) is 0 Å². The Labute approximate surface area is 111 Å². The van der Waals surface area contributed by atoms with Crippen molar-refractivity contribution in [2.24, 2.45) is 0 Å². The minimum Gasteiger partial charge on any atom is -0.389 e. The molecule has 0 amide bonds. The van der Waals surface area contributed by atoms with Gasteiger partial charge in [0, 0.05) is 20.1 Å². The van der Waals surface area contributed by atoms with E-state index in [0.29, 0.717) is 12.5 Å². The van der Waals surface area contributed by atoms with E-state index in [1.807, 2.05) is 6.92 Å². The van der Waals surface area contributed by atoms with Crippen molar-refractivity contribution in [3.05, 3.63) is 16.3 Å². The number of likely N-dealkylation sites (N-methyl/N-ethyl adjacent to an activating group) is 1. The minimum atomic E-state index is -0.978. The maximum Gasteiger partial charge on any atom is 0.329 e. The van der Waals surface area contributed by atoms with E-state index in [4.69, 9.17) is 0 Å². The first kappa shape index (κ1) is 15.1. The van der Waals surface area contributed by atoms with Gasteiger partial charge < -0.3 is 15.3 Å². The molecule has 19 heavy (non-hydrogen) atoms. The number of hydrogen-bond donors (Lipinski definition) is 2. The largest absolute Gasteiger partial charge is 0.389 e. The highest BCUT2D eigenvalue weighted by atomic mass is 16.6. The number of aromatic nitrogens is 2. The molecule has 1 aromatic heterocycles. The molecule has 0 aliphatic carbocycles. The van der Waals surface area contributed by atoms with Gasteiger partial charge in [0.25, 0.3) is 0 Å². The molecule has 8 nitrogen and oxygen atoms in total. The van der Waals surface area contributed by atoms with Crippen molar-refractivity contribution < 1.29 is 10.0 Å². The average Bonchev–Trinajstić information content (AvgIpc) is 2.33. The molecule has 0 bridgehead atoms. The molecule has 2 N–H and O–H groups in total. The Bertz CT molecular complexity index is 458. The molecule has 0 radical (unpaired) electrons. The SMILES string of the molecule is CCN(CC(C)(C)O)c1nc(NC)ncc1[N+](=O)[O-]. The second-order valence-corrected chi connectivity index (χ2v) is 4.74. The van der Waals surface area contributed by atoms with Gasteiger partial charge in [-0.1, -0.05) is 0 Å². The van der Waals surface area contributed by atoms with Crippen LogP contribution < -0.4 is 10.2 Å². The third-order valence-corrected chi connectivity index (χ3v) is 2.43. The molecule has 1 rings (SSSR count). The van der Waals surface area contributed by atoms with Gasteiger partial charge in [-0.2, -0.15) is 4.98 Å². The average molecular weight is 269 g/mol. The summed E-state index contributed by atoms with van der Waals surface area (Å²) < 4.78 is 0. The molecule has 8 heteroatoms. The number of nitrogens with zero attached hydrogens (tertiary/aromatic N) is 4. The van der Waals surface area contributed by atoms with E-state index in [9.17, 15) is 15.2 Å². The maximum absolute atomic E-state index is 11.0. The quantitative estimate of drug-likeness (QED) is 0.587. The summed E-state index contributed by atoms with van der Waals surface area (Å²) in [6, 6.07) is 0. The number of nitro groups is 1. The standard InChI is InChI=1S/C11H19N5O3/c1-5-15(7-11(2,3)17)9-8(16(18)19)6-13-10(12-4)14-9/h6,17H,5,7H2,1-4H3,(H,12,13,14). The van der Waals surface area contributed by atoms with Crippen LogP contribution in [0.15, 0.2) is 6.20 Å². The summed E-state index contributed by atoms with van der Waals surface area (Å²) >= 11 is 0. The Morgan fingerprint density at radius 2 is 2.21 bits per heavy atom. The van der Waals surface area contributed by atoms with Crippen LogP contribution in [0.25, 0.3) is 0 Å². The second kappa shape index (κ2) is 5.79. The molecule has 0 atom stereocenters. The van der Waals surface area contributed by atoms with Crippen LogP contribution in [0.2, 0.25) is 0 Å². The zero-order chi connectivity index (χ0) is 14.6. The first-order chi connectivity index (χ1) is 8.78. The molecule has 0 fully saturated rings. The number of nitrogens with one attached hydrogen (secondary N) is 1. The zero-order valence-electron chi connectivity index (χ0n) is 11.5. The summed E-state index contributed by atoms with van der Waals surface area (Å²) in [5.41, 5.74) is -1.15. The lowest BCUT2D eigenvalue weighted by atomic mass is 10.1. The fraction of sp³-hybridized carbons (Fsp3) is 0.636. The molecule has 1 heterocycles. The van der Waals surface area contributed by atoms with Crippen molar-refractivity contribution in [2.45, 2.75) is 26.4 Å². The van der Waals surface area contributed by atoms with E-state index in [1.165, 1.54) is 6.20 Å². The molecule has 0 aliphatic heterocycles. The summed E-state index contributed by atoms with van der Waals surface area (Å²) in [5.74, 6) is 0.503. The fourth-order valence-corrected chi connectivity index (χ4v) is 1.65. The van der Waals surface area contributed by atoms with E-state index >= 15 is 0 Å². The van der Waals surface area contributed by atoms with Crippen molar-refractivity contribution in [3.8, 4) is 0 Å². The van der Waals surface area contributed by atoms with Crippen LogP contribution in [0.4, 0.5) is 17.5 Å². The molecular weight excluding hydrogens is 250 g/mol. The molecule has 0 spiro atoms. The number of aliphatic hydroxyl groups is 1. The molecule has 0 unspecified atom stereocenters. The second-order valence-electron chi connectivity index (χ2n) is 4.74. The Hall–Kier alpha value is -1.96. The first-order valence-corrected chi connectivity index (χ1v) is 5.95. The zero-order valence-corrected chi connectivity index (χ0v) is 11.5. The Balaban J connectivity index is 3.23. The maximum atomic E-state index is 11.0. The van der Waals surface area contributed by atoms with Crippen LogP contribution >= 0.6 is 0 Å². The highest BCUT2D eigenvalue weighted by Crippen LogP contribution is 2.27. The number of rotatable bonds is 6. The highest BCUT2D eigenvalue weighted by molar-refractivity contribution is 5.59. The van der Waals surface area contributed by atoms with Gasteiger partial charge in [-0.3, -0.25) is 10.1 Å². The number of hydrogen-bond acceptors (Lipinski definition) is 7. The summed E-state index contributed by atoms with van der Waals surface area (Å²) in [6.07, 6.45) is 1.17. The van der Waals surface area contributed by atoms with Gasteiger partial charge in [0.2, 0.25) is 11.8 Å². The van der Waals surface area contributed by atoms with E-state index in [2.05, 4.69) is 15.3 Å². The van der Waals surface area contributed by atoms with Crippen LogP contribution in [0.5, 0.6) is 0 Å². The van der Waals surface area contributed by atoms with Gasteiger partial charge in [-0.15, -0.1) is 0 Å². The third-order valence-electron chi connectivity index (χ3n) is 2.43. The van der Waals surface area contributed by atoms with Gasteiger partial charge in [0.05, 0.1) is 10.5 Å². The lowest BCUT2D eigenvalue weighted by Crippen LogP contribution is -2.39. The molecule has 1 aromatic rings. The minimum absolute atomic E-state index is 0.176. The smallest absolute Gasteiger partial charge is 0.329 e. The molecule has 0 saturated carbocycles. The van der Waals surface area contributed by atoms with Gasteiger partial charge >= 0.3 is 5.69 Å². The van der Waals surface area contributed by atoms with E-state index in [1.54, 1.807) is 25.8 Å². The summed E-state index contributed by atoms with van der Waals surface area (Å²) in [6.45, 7) is 5.86. The van der Waals surface area contributed by atoms with Gasteiger partial charge in [-0.25, -0.2) is 4.98 Å². The molecule has 0 saturated heterocycles. The predicted octanol–water partition coefficient (Wildman–Crippen LogP) is 1.02. The monoisotopic (exact) mass is 269 g/mol. The van der Waals surface area contributed by atoms with Crippen LogP contribution in [0.3, 0.4) is 0 Å². The molecule has 0 aliphatic rings. The lowest BCUT2D eigenvalue weighted by molar-refractivity contribution is -0.384. The highest BCUT2D eigenvalue weighted by Gasteiger charge is 2.26.